The zero-order chi connectivity index (χ0) is 18.3. The van der Waals surface area contributed by atoms with Crippen LogP contribution in [-0.2, 0) is 4.79 Å². The number of hydrogen-bond donors (Lipinski definition) is 0. The highest BCUT2D eigenvalue weighted by Crippen LogP contribution is 2.60. The molecule has 140 valence electrons. The molecule has 5 rings (SSSR count). The lowest BCUT2D eigenvalue weighted by molar-refractivity contribution is -0.138. The molecule has 4 aliphatic rings. The van der Waals surface area contributed by atoms with Gasteiger partial charge in [-0.25, -0.2) is 0 Å². The van der Waals surface area contributed by atoms with Crippen LogP contribution in [0.5, 0.6) is 17.2 Å². The Bertz CT molecular complexity index is 699. The van der Waals surface area contributed by atoms with E-state index in [1.807, 2.05) is 12.1 Å². The fraction of sp³-hybridized carbons (Fsp3) is 0.591. The summed E-state index contributed by atoms with van der Waals surface area (Å²) in [5.41, 5.74) is 0.734. The molecule has 0 amide bonds. The third kappa shape index (κ3) is 2.89. The SMILES string of the molecule is COc1cc(OC)c(OC)cc1/C=C/C(=O)C12CC3CC(CC(C3)C1)C2. The van der Waals surface area contributed by atoms with Gasteiger partial charge in [-0.15, -0.1) is 0 Å². The van der Waals surface area contributed by atoms with E-state index in [0.29, 0.717) is 23.0 Å². The first-order chi connectivity index (χ1) is 12.6. The first-order valence-electron chi connectivity index (χ1n) is 9.59. The maximum absolute atomic E-state index is 13.2. The molecule has 4 saturated carbocycles. The Morgan fingerprint density at radius 1 is 0.885 bits per heavy atom. The Morgan fingerprint density at radius 3 is 1.88 bits per heavy atom. The van der Waals surface area contributed by atoms with E-state index in [0.717, 1.165) is 42.6 Å². The van der Waals surface area contributed by atoms with Gasteiger partial charge in [-0.3, -0.25) is 4.79 Å². The predicted molar refractivity (Wildman–Crippen MR) is 101 cm³/mol. The van der Waals surface area contributed by atoms with Gasteiger partial charge in [-0.05, 0) is 74.5 Å². The number of ketones is 1. The average molecular weight is 356 g/mol. The molecular formula is C22H28O4. The molecular weight excluding hydrogens is 328 g/mol. The number of rotatable bonds is 6. The van der Waals surface area contributed by atoms with Gasteiger partial charge in [0.2, 0.25) is 0 Å². The van der Waals surface area contributed by atoms with Gasteiger partial charge in [0, 0.05) is 17.0 Å². The number of carbonyl (C=O) groups is 1. The lowest BCUT2D eigenvalue weighted by Gasteiger charge is -2.55. The predicted octanol–water partition coefficient (Wildman–Crippen LogP) is 4.51. The summed E-state index contributed by atoms with van der Waals surface area (Å²) in [5.74, 6) is 4.55. The second kappa shape index (κ2) is 6.64. The highest BCUT2D eigenvalue weighted by atomic mass is 16.5. The van der Waals surface area contributed by atoms with Crippen molar-refractivity contribution in [3.05, 3.63) is 23.8 Å². The molecule has 4 fully saturated rings. The van der Waals surface area contributed by atoms with Crippen molar-refractivity contribution >= 4 is 11.9 Å². The normalized spacial score (nSPS) is 32.0. The zero-order valence-electron chi connectivity index (χ0n) is 15.9. The van der Waals surface area contributed by atoms with Crippen LogP contribution in [0.3, 0.4) is 0 Å². The molecule has 4 nitrogen and oxygen atoms in total. The van der Waals surface area contributed by atoms with Gasteiger partial charge in [-0.1, -0.05) is 0 Å². The lowest BCUT2D eigenvalue weighted by atomic mass is 9.48. The second-order valence-corrected chi connectivity index (χ2v) is 8.34. The summed E-state index contributed by atoms with van der Waals surface area (Å²) in [5, 5.41) is 0. The molecule has 4 heteroatoms. The zero-order valence-corrected chi connectivity index (χ0v) is 15.9. The van der Waals surface area contributed by atoms with Gasteiger partial charge >= 0.3 is 0 Å². The first kappa shape index (κ1) is 17.4. The van der Waals surface area contributed by atoms with Crippen molar-refractivity contribution in [3.63, 3.8) is 0 Å². The van der Waals surface area contributed by atoms with Gasteiger partial charge < -0.3 is 14.2 Å². The molecule has 4 aliphatic carbocycles. The van der Waals surface area contributed by atoms with Crippen LogP contribution >= 0.6 is 0 Å². The number of allylic oxidation sites excluding steroid dienone is 1. The van der Waals surface area contributed by atoms with Crippen molar-refractivity contribution in [1.82, 2.24) is 0 Å². The first-order valence-corrected chi connectivity index (χ1v) is 9.59. The summed E-state index contributed by atoms with van der Waals surface area (Å²) < 4.78 is 16.2. The summed E-state index contributed by atoms with van der Waals surface area (Å²) in [6.45, 7) is 0. The van der Waals surface area contributed by atoms with E-state index >= 15 is 0 Å². The van der Waals surface area contributed by atoms with E-state index in [9.17, 15) is 4.79 Å². The molecule has 0 spiro atoms. The molecule has 0 aliphatic heterocycles. The summed E-state index contributed by atoms with van der Waals surface area (Å²) in [4.78, 5) is 13.2. The van der Waals surface area contributed by atoms with E-state index in [-0.39, 0.29) is 5.41 Å². The smallest absolute Gasteiger partial charge is 0.164 e. The minimum Gasteiger partial charge on any atom is -0.496 e. The van der Waals surface area contributed by atoms with E-state index < -0.39 is 0 Å². The lowest BCUT2D eigenvalue weighted by Crippen LogP contribution is -2.49. The van der Waals surface area contributed by atoms with Gasteiger partial charge in [0.15, 0.2) is 17.3 Å². The van der Waals surface area contributed by atoms with Crippen LogP contribution in [0.15, 0.2) is 18.2 Å². The quantitative estimate of drug-likeness (QED) is 0.704. The van der Waals surface area contributed by atoms with Gasteiger partial charge in [0.25, 0.3) is 0 Å². The molecule has 1 aromatic carbocycles. The molecule has 26 heavy (non-hydrogen) atoms. The molecule has 0 heterocycles. The van der Waals surface area contributed by atoms with Crippen LogP contribution in [0.1, 0.15) is 44.1 Å². The minimum atomic E-state index is -0.102. The number of benzene rings is 1. The fourth-order valence-electron chi connectivity index (χ4n) is 5.94. The Balaban J connectivity index is 1.59. The third-order valence-corrected chi connectivity index (χ3v) is 6.71. The van der Waals surface area contributed by atoms with E-state index in [1.54, 1.807) is 33.5 Å². The number of carbonyl (C=O) groups excluding carboxylic acids is 1. The van der Waals surface area contributed by atoms with Crippen molar-refractivity contribution in [2.75, 3.05) is 21.3 Å². The third-order valence-electron chi connectivity index (χ3n) is 6.71. The molecule has 0 aromatic heterocycles. The molecule has 0 radical (unpaired) electrons. The van der Waals surface area contributed by atoms with Crippen molar-refractivity contribution in [2.24, 2.45) is 23.2 Å². The molecule has 1 aromatic rings. The van der Waals surface area contributed by atoms with Crippen LogP contribution in [0.4, 0.5) is 0 Å². The van der Waals surface area contributed by atoms with Crippen LogP contribution in [-0.4, -0.2) is 27.1 Å². The summed E-state index contributed by atoms with van der Waals surface area (Å²) >= 11 is 0. The van der Waals surface area contributed by atoms with E-state index in [1.165, 1.54) is 19.3 Å². The Labute approximate surface area is 155 Å². The molecule has 0 N–H and O–H groups in total. The van der Waals surface area contributed by atoms with Gasteiger partial charge in [0.05, 0.1) is 21.3 Å². The fourth-order valence-corrected chi connectivity index (χ4v) is 5.94. The van der Waals surface area contributed by atoms with Gasteiger partial charge in [0.1, 0.15) is 5.75 Å². The van der Waals surface area contributed by atoms with E-state index in [2.05, 4.69) is 0 Å². The minimum absolute atomic E-state index is 0.102. The van der Waals surface area contributed by atoms with Crippen molar-refractivity contribution in [2.45, 2.75) is 38.5 Å². The number of ether oxygens (including phenoxy) is 3. The summed E-state index contributed by atoms with van der Waals surface area (Å²) in [7, 11) is 4.83. The molecule has 0 atom stereocenters. The summed E-state index contributed by atoms with van der Waals surface area (Å²) in [6, 6.07) is 3.66. The maximum atomic E-state index is 13.2. The largest absolute Gasteiger partial charge is 0.496 e. The van der Waals surface area contributed by atoms with Crippen LogP contribution < -0.4 is 14.2 Å². The highest BCUT2D eigenvalue weighted by Gasteiger charge is 2.53. The van der Waals surface area contributed by atoms with Crippen molar-refractivity contribution in [3.8, 4) is 17.2 Å². The number of methoxy groups -OCH3 is 3. The van der Waals surface area contributed by atoms with Crippen LogP contribution in [0.25, 0.3) is 6.08 Å². The monoisotopic (exact) mass is 356 g/mol. The Kier molecular flexibility index (Phi) is 4.45. The molecule has 4 bridgehead atoms. The Hall–Kier alpha value is -1.97. The van der Waals surface area contributed by atoms with Crippen molar-refractivity contribution < 1.29 is 19.0 Å². The molecule has 0 unspecified atom stereocenters. The average Bonchev–Trinajstić information content (AvgIpc) is 2.64. The van der Waals surface area contributed by atoms with Gasteiger partial charge in [-0.2, -0.15) is 0 Å². The Morgan fingerprint density at radius 2 is 1.38 bits per heavy atom. The second-order valence-electron chi connectivity index (χ2n) is 8.34. The highest BCUT2D eigenvalue weighted by molar-refractivity contribution is 5.98. The van der Waals surface area contributed by atoms with Crippen molar-refractivity contribution in [1.29, 1.82) is 0 Å². The number of hydrogen-bond acceptors (Lipinski definition) is 4. The van der Waals surface area contributed by atoms with Crippen LogP contribution in [0, 0.1) is 23.2 Å². The maximum Gasteiger partial charge on any atom is 0.164 e. The molecule has 0 saturated heterocycles. The summed E-state index contributed by atoms with van der Waals surface area (Å²) in [6.07, 6.45) is 11.0. The standard InChI is InChI=1S/C22H28O4/c1-24-18-10-20(26-3)19(25-2)9-17(18)4-5-21(23)22-11-14-6-15(12-22)8-16(7-14)13-22/h4-5,9-10,14-16H,6-8,11-13H2,1-3H3/b5-4+. The van der Waals surface area contributed by atoms with E-state index in [4.69, 9.17) is 14.2 Å². The topological polar surface area (TPSA) is 44.8 Å². The van der Waals surface area contributed by atoms with Crippen LogP contribution in [0.2, 0.25) is 0 Å².